The van der Waals surface area contributed by atoms with Gasteiger partial charge in [-0.2, -0.15) is 0 Å². The average Bonchev–Trinajstić information content (AvgIpc) is 3.16. The summed E-state index contributed by atoms with van der Waals surface area (Å²) < 4.78 is 34.0. The van der Waals surface area contributed by atoms with Crippen molar-refractivity contribution in [3.63, 3.8) is 0 Å². The Hall–Kier alpha value is 0.110. The molecule has 4 nitrogen and oxygen atoms in total. The molecule has 5 heteroatoms. The van der Waals surface area contributed by atoms with Crippen LogP contribution in [-0.4, -0.2) is 18.3 Å². The van der Waals surface area contributed by atoms with Crippen molar-refractivity contribution in [3.05, 3.63) is 0 Å². The molecule has 0 radical (unpaired) electrons. The Morgan fingerprint density at radius 2 is 0.453 bits per heavy atom. The molecule has 0 rings (SSSR count). The fourth-order valence-electron chi connectivity index (χ4n) is 7.73. The molecule has 0 heterocycles. The fraction of sp³-hybridized carbons (Fsp3) is 1.00. The minimum Gasteiger partial charge on any atom is -0.284 e. The van der Waals surface area contributed by atoms with Crippen LogP contribution in [0.5, 0.6) is 0 Å². The summed E-state index contributed by atoms with van der Waals surface area (Å²) in [5, 5.41) is 0. The van der Waals surface area contributed by atoms with E-state index in [1.165, 1.54) is 193 Å². The molecule has 320 valence electrons. The molecule has 0 N–H and O–H groups in total. The molecule has 0 aliphatic heterocycles. The number of unbranched alkanes of at least 4 members (excludes halogenated alkanes) is 30. The quantitative estimate of drug-likeness (QED) is 0.0457. The Morgan fingerprint density at radius 3 is 0.623 bits per heavy atom. The van der Waals surface area contributed by atoms with Crippen LogP contribution in [0.25, 0.3) is 0 Å². The summed E-state index contributed by atoms with van der Waals surface area (Å²) in [6.07, 6.45) is 49.2. The standard InChI is InChI=1S/C48H99O4P/c1-7-13-16-19-22-25-28-31-34-37-40-43-46(10-4)50-53(49,51-47(11-5)44-41-38-35-32-29-26-23-20-17-14-8-2)52-48(12-6)45-42-39-36-33-30-27-24-21-18-15-9-3/h46-48H,7-45H2,1-6H3. The Labute approximate surface area is 335 Å². The second-order valence-corrected chi connectivity index (χ2v) is 18.4. The maximum absolute atomic E-state index is 14.6. The van der Waals surface area contributed by atoms with Gasteiger partial charge in [0.1, 0.15) is 0 Å². The molecule has 0 spiro atoms. The number of phosphoric acid groups is 1. The van der Waals surface area contributed by atoms with Crippen molar-refractivity contribution >= 4 is 7.82 Å². The molecule has 0 fully saturated rings. The van der Waals surface area contributed by atoms with E-state index in [1.54, 1.807) is 0 Å². The van der Waals surface area contributed by atoms with E-state index < -0.39 is 7.82 Å². The van der Waals surface area contributed by atoms with Crippen molar-refractivity contribution in [3.8, 4) is 0 Å². The van der Waals surface area contributed by atoms with Gasteiger partial charge in [-0.05, 0) is 38.5 Å². The molecule has 0 aromatic heterocycles. The van der Waals surface area contributed by atoms with Gasteiger partial charge in [-0.3, -0.25) is 13.6 Å². The van der Waals surface area contributed by atoms with E-state index in [-0.39, 0.29) is 18.3 Å². The number of rotatable bonds is 45. The van der Waals surface area contributed by atoms with E-state index in [1.807, 2.05) is 0 Å². The third-order valence-corrected chi connectivity index (χ3v) is 13.3. The largest absolute Gasteiger partial charge is 0.475 e. The minimum atomic E-state index is -3.68. The summed E-state index contributed by atoms with van der Waals surface area (Å²) in [5.74, 6) is 0. The Balaban J connectivity index is 4.88. The summed E-state index contributed by atoms with van der Waals surface area (Å²) >= 11 is 0. The molecule has 0 aromatic carbocycles. The van der Waals surface area contributed by atoms with Crippen molar-refractivity contribution in [2.75, 3.05) is 0 Å². The topological polar surface area (TPSA) is 44.8 Å². The van der Waals surface area contributed by atoms with Crippen LogP contribution >= 0.6 is 7.82 Å². The first-order valence-electron chi connectivity index (χ1n) is 24.6. The molecule has 0 aliphatic carbocycles. The number of hydrogen-bond donors (Lipinski definition) is 0. The minimum absolute atomic E-state index is 0.0710. The maximum Gasteiger partial charge on any atom is 0.475 e. The van der Waals surface area contributed by atoms with Gasteiger partial charge in [-0.15, -0.1) is 0 Å². The van der Waals surface area contributed by atoms with Gasteiger partial charge in [-0.25, -0.2) is 4.57 Å². The molecule has 53 heavy (non-hydrogen) atoms. The summed E-state index contributed by atoms with van der Waals surface area (Å²) in [4.78, 5) is 0. The van der Waals surface area contributed by atoms with Crippen LogP contribution in [0.2, 0.25) is 0 Å². The Kier molecular flexibility index (Phi) is 41.8. The zero-order valence-corrected chi connectivity index (χ0v) is 38.3. The molecule has 0 bridgehead atoms. The lowest BCUT2D eigenvalue weighted by Gasteiger charge is -2.29. The molecule has 0 amide bonds. The third kappa shape index (κ3) is 36.2. The lowest BCUT2D eigenvalue weighted by atomic mass is 10.0. The van der Waals surface area contributed by atoms with Crippen LogP contribution in [0, 0.1) is 0 Å². The molecule has 0 aromatic rings. The highest BCUT2D eigenvalue weighted by Gasteiger charge is 2.35. The van der Waals surface area contributed by atoms with Crippen molar-refractivity contribution in [2.24, 2.45) is 0 Å². The van der Waals surface area contributed by atoms with Gasteiger partial charge >= 0.3 is 7.82 Å². The van der Waals surface area contributed by atoms with Crippen molar-refractivity contribution in [1.82, 2.24) is 0 Å². The Morgan fingerprint density at radius 1 is 0.283 bits per heavy atom. The molecule has 3 atom stereocenters. The van der Waals surface area contributed by atoms with Crippen LogP contribution < -0.4 is 0 Å². The first-order chi connectivity index (χ1) is 26.0. The summed E-state index contributed by atoms with van der Waals surface area (Å²) in [5.41, 5.74) is 0. The van der Waals surface area contributed by atoms with Crippen molar-refractivity contribution < 1.29 is 18.1 Å². The van der Waals surface area contributed by atoms with E-state index in [0.29, 0.717) is 0 Å². The molecule has 0 saturated heterocycles. The van der Waals surface area contributed by atoms with Crippen LogP contribution in [0.3, 0.4) is 0 Å². The van der Waals surface area contributed by atoms with Gasteiger partial charge in [0.15, 0.2) is 0 Å². The van der Waals surface area contributed by atoms with Gasteiger partial charge in [0.25, 0.3) is 0 Å². The highest BCUT2D eigenvalue weighted by molar-refractivity contribution is 7.48. The van der Waals surface area contributed by atoms with E-state index in [9.17, 15) is 4.57 Å². The lowest BCUT2D eigenvalue weighted by molar-refractivity contribution is 0.0204. The van der Waals surface area contributed by atoms with Gasteiger partial charge in [0.2, 0.25) is 0 Å². The number of phosphoric ester groups is 1. The third-order valence-electron chi connectivity index (χ3n) is 11.6. The van der Waals surface area contributed by atoms with Gasteiger partial charge < -0.3 is 0 Å². The highest BCUT2D eigenvalue weighted by Crippen LogP contribution is 2.55. The summed E-state index contributed by atoms with van der Waals surface area (Å²) in [7, 11) is -3.68. The normalized spacial score (nSPS) is 14.8. The smallest absolute Gasteiger partial charge is 0.284 e. The average molecular weight is 771 g/mol. The maximum atomic E-state index is 14.6. The predicted molar refractivity (Wildman–Crippen MR) is 236 cm³/mol. The van der Waals surface area contributed by atoms with Gasteiger partial charge in [-0.1, -0.05) is 253 Å². The molecular weight excluding hydrogens is 671 g/mol. The molecular formula is C48H99O4P. The highest BCUT2D eigenvalue weighted by atomic mass is 31.2. The lowest BCUT2D eigenvalue weighted by Crippen LogP contribution is -2.21. The summed E-state index contributed by atoms with van der Waals surface area (Å²) in [6, 6.07) is 0. The zero-order chi connectivity index (χ0) is 38.9. The Bertz CT molecular complexity index is 650. The van der Waals surface area contributed by atoms with Gasteiger partial charge in [0.05, 0.1) is 18.3 Å². The predicted octanol–water partition coefficient (Wildman–Crippen LogP) is 18.6. The molecule has 3 unspecified atom stereocenters. The van der Waals surface area contributed by atoms with Crippen LogP contribution in [-0.2, 0) is 18.1 Å². The second-order valence-electron chi connectivity index (χ2n) is 16.8. The monoisotopic (exact) mass is 771 g/mol. The number of hydrogen-bond acceptors (Lipinski definition) is 4. The summed E-state index contributed by atoms with van der Waals surface area (Å²) in [6.45, 7) is 13.4. The SMILES string of the molecule is CCCCCCCCCCCCCC(CC)OP(=O)(OC(CC)CCCCCCCCCCCCC)OC(CC)CCCCCCCCCCCCC. The van der Waals surface area contributed by atoms with Crippen LogP contribution in [0.1, 0.15) is 292 Å². The van der Waals surface area contributed by atoms with E-state index >= 15 is 0 Å². The fourth-order valence-corrected chi connectivity index (χ4v) is 9.73. The molecule has 0 aliphatic rings. The molecule has 0 saturated carbocycles. The van der Waals surface area contributed by atoms with Crippen molar-refractivity contribution in [1.29, 1.82) is 0 Å². The second kappa shape index (κ2) is 41.7. The van der Waals surface area contributed by atoms with Crippen molar-refractivity contribution in [2.45, 2.75) is 310 Å². The first kappa shape index (κ1) is 53.1. The van der Waals surface area contributed by atoms with Crippen LogP contribution in [0.15, 0.2) is 0 Å². The van der Waals surface area contributed by atoms with Gasteiger partial charge in [0, 0.05) is 0 Å². The van der Waals surface area contributed by atoms with Crippen LogP contribution in [0.4, 0.5) is 0 Å². The zero-order valence-electron chi connectivity index (χ0n) is 37.4. The van der Waals surface area contributed by atoms with E-state index in [2.05, 4.69) is 41.5 Å². The van der Waals surface area contributed by atoms with E-state index in [4.69, 9.17) is 13.6 Å². The first-order valence-corrected chi connectivity index (χ1v) is 26.1. The van der Waals surface area contributed by atoms with E-state index in [0.717, 1.165) is 57.8 Å².